The van der Waals surface area contributed by atoms with E-state index < -0.39 is 16.6 Å². The molecule has 0 aliphatic carbocycles. The molecule has 0 aliphatic heterocycles. The van der Waals surface area contributed by atoms with E-state index in [9.17, 15) is 0 Å². The molecular weight excluding hydrogens is 236 g/mol. The van der Waals surface area contributed by atoms with Crippen LogP contribution in [-0.4, -0.2) is 32.5 Å². The molecule has 0 unspecified atom stereocenters. The fourth-order valence-electron chi connectivity index (χ4n) is 1.42. The van der Waals surface area contributed by atoms with Crippen molar-refractivity contribution in [2.24, 2.45) is 0 Å². The molecule has 0 bridgehead atoms. The van der Waals surface area contributed by atoms with E-state index in [2.05, 4.69) is 53.1 Å². The summed E-state index contributed by atoms with van der Waals surface area (Å²) in [7, 11) is -2.02. The maximum atomic E-state index is 6.17. The largest absolute Gasteiger partial charge is 0.411 e. The van der Waals surface area contributed by atoms with Gasteiger partial charge in [0.15, 0.2) is 16.6 Å². The molecule has 5 heteroatoms. The van der Waals surface area contributed by atoms with Gasteiger partial charge in [0.1, 0.15) is 0 Å². The quantitative estimate of drug-likeness (QED) is 0.709. The van der Waals surface area contributed by atoms with Crippen molar-refractivity contribution < 1.29 is 8.85 Å². The minimum atomic E-state index is -1.49. The fraction of sp³-hybridized carbons (Fsp3) is 0.900. The van der Waals surface area contributed by atoms with E-state index in [0.29, 0.717) is 0 Å². The van der Waals surface area contributed by atoms with E-state index in [-0.39, 0.29) is 5.60 Å². The van der Waals surface area contributed by atoms with Gasteiger partial charge in [-0.15, -0.1) is 0 Å². The van der Waals surface area contributed by atoms with Gasteiger partial charge in [0, 0.05) is 10.2 Å². The van der Waals surface area contributed by atoms with Crippen molar-refractivity contribution in [3.05, 3.63) is 5.73 Å². The Hall–Kier alpha value is 0.571. The lowest BCUT2D eigenvalue weighted by Gasteiger charge is -2.39. The predicted molar refractivity (Wildman–Crippen MR) is 76.1 cm³/mol. The maximum Gasteiger partial charge on any atom is 0.184 e. The van der Waals surface area contributed by atoms with Crippen molar-refractivity contribution in [2.75, 3.05) is 0 Å². The van der Waals surface area contributed by atoms with Crippen LogP contribution < -0.4 is 0 Å². The first-order chi connectivity index (χ1) is 6.33. The average molecular weight is 264 g/mol. The van der Waals surface area contributed by atoms with E-state index in [1.165, 1.54) is 0 Å². The zero-order valence-electron chi connectivity index (χ0n) is 11.8. The van der Waals surface area contributed by atoms with Gasteiger partial charge in [0.2, 0.25) is 0 Å². The molecule has 0 spiro atoms. The van der Waals surface area contributed by atoms with E-state index in [1.807, 2.05) is 0 Å². The topological polar surface area (TPSA) is 18.5 Å². The minimum Gasteiger partial charge on any atom is -0.411 e. The Bertz CT molecular complexity index is 204. The number of hydrogen-bond donors (Lipinski definition) is 0. The van der Waals surface area contributed by atoms with Crippen molar-refractivity contribution in [1.82, 2.24) is 0 Å². The van der Waals surface area contributed by atoms with Gasteiger partial charge in [0.05, 0.1) is 11.3 Å². The maximum absolute atomic E-state index is 6.17. The first-order valence-electron chi connectivity index (χ1n) is 5.57. The van der Waals surface area contributed by atoms with Gasteiger partial charge in [-0.05, 0) is 53.1 Å². The molecule has 0 aromatic carbocycles. The second-order valence-corrected chi connectivity index (χ2v) is 16.3. The van der Waals surface area contributed by atoms with Gasteiger partial charge < -0.3 is 8.85 Å². The first-order valence-corrected chi connectivity index (χ1v) is 13.4. The molecule has 0 fully saturated rings. The number of rotatable bonds is 5. The predicted octanol–water partition coefficient (Wildman–Crippen LogP) is 2.32. The molecule has 0 amide bonds. The summed E-state index contributed by atoms with van der Waals surface area (Å²) < 4.78 is 12.2. The van der Waals surface area contributed by atoms with Crippen molar-refractivity contribution in [3.63, 3.8) is 0 Å². The Kier molecular flexibility index (Phi) is 5.01. The van der Waals surface area contributed by atoms with Crippen LogP contribution >= 0.6 is 0 Å². The normalized spacial score (nSPS) is 15.0. The number of hydrogen-bond acceptors (Lipinski definition) is 2. The van der Waals surface area contributed by atoms with Crippen LogP contribution in [0.2, 0.25) is 39.3 Å². The highest BCUT2D eigenvalue weighted by molar-refractivity contribution is 6.70. The van der Waals surface area contributed by atoms with E-state index in [0.717, 1.165) is 16.0 Å². The zero-order valence-corrected chi connectivity index (χ0v) is 15.8. The van der Waals surface area contributed by atoms with Gasteiger partial charge in [-0.3, -0.25) is 0 Å². The zero-order chi connectivity index (χ0) is 12.5. The van der Waals surface area contributed by atoms with Crippen molar-refractivity contribution in [2.45, 2.75) is 58.7 Å². The summed E-state index contributed by atoms with van der Waals surface area (Å²) in [6.45, 7) is 17.6. The Morgan fingerprint density at radius 3 is 1.60 bits per heavy atom. The smallest absolute Gasteiger partial charge is 0.184 e. The van der Waals surface area contributed by atoms with Crippen LogP contribution in [0.3, 0.4) is 0 Å². The van der Waals surface area contributed by atoms with Crippen LogP contribution in [0.4, 0.5) is 0 Å². The Balaban J connectivity index is 4.46. The van der Waals surface area contributed by atoms with Gasteiger partial charge in [-0.25, -0.2) is 0 Å². The molecule has 0 aromatic heterocycles. The summed E-state index contributed by atoms with van der Waals surface area (Å²) in [5, 5.41) is 0. The summed E-state index contributed by atoms with van der Waals surface area (Å²) in [5.74, 6) is 0. The fourth-order valence-corrected chi connectivity index (χ4v) is 6.40. The van der Waals surface area contributed by atoms with Crippen molar-refractivity contribution >= 4 is 26.9 Å². The van der Waals surface area contributed by atoms with Gasteiger partial charge in [-0.2, -0.15) is 0 Å². The average Bonchev–Trinajstić information content (AvgIpc) is 1.75. The molecule has 0 saturated carbocycles. The Morgan fingerprint density at radius 1 is 0.933 bits per heavy atom. The van der Waals surface area contributed by atoms with Gasteiger partial charge in [0.25, 0.3) is 0 Å². The third-order valence-electron chi connectivity index (χ3n) is 1.87. The lowest BCUT2D eigenvalue weighted by atomic mass is 10.2. The summed E-state index contributed by atoms with van der Waals surface area (Å²) in [6, 6.07) is 0. The third-order valence-corrected chi connectivity index (χ3v) is 5.73. The lowest BCUT2D eigenvalue weighted by Crippen LogP contribution is -2.46. The SMILES string of the molecule is CC(C)(O[Si](C)(C)C)[C]([SiH3])O[Si](C)(C)C. The molecule has 1 radical (unpaired) electrons. The van der Waals surface area contributed by atoms with Gasteiger partial charge in [-0.1, -0.05) is 0 Å². The van der Waals surface area contributed by atoms with E-state index in [1.54, 1.807) is 0 Å². The molecule has 15 heavy (non-hydrogen) atoms. The van der Waals surface area contributed by atoms with E-state index >= 15 is 0 Å². The second kappa shape index (κ2) is 4.83. The summed E-state index contributed by atoms with van der Waals surface area (Å²) in [6.07, 6.45) is 0. The summed E-state index contributed by atoms with van der Waals surface area (Å²) in [5.41, 5.74) is 0.959. The second-order valence-electron chi connectivity index (χ2n) is 6.50. The molecule has 0 atom stereocenters. The van der Waals surface area contributed by atoms with Crippen molar-refractivity contribution in [1.29, 1.82) is 0 Å². The van der Waals surface area contributed by atoms with Crippen molar-refractivity contribution in [3.8, 4) is 0 Å². The highest BCUT2D eigenvalue weighted by Crippen LogP contribution is 2.28. The van der Waals surface area contributed by atoms with Crippen LogP contribution in [0.5, 0.6) is 0 Å². The van der Waals surface area contributed by atoms with Crippen LogP contribution in [0.25, 0.3) is 0 Å². The molecule has 0 N–H and O–H groups in total. The Morgan fingerprint density at radius 2 is 1.33 bits per heavy atom. The molecule has 0 heterocycles. The van der Waals surface area contributed by atoms with Crippen LogP contribution in [-0.2, 0) is 8.85 Å². The molecule has 0 aromatic rings. The lowest BCUT2D eigenvalue weighted by molar-refractivity contribution is 0.0725. The third kappa shape index (κ3) is 7.46. The minimum absolute atomic E-state index is 0.197. The monoisotopic (exact) mass is 263 g/mol. The molecule has 91 valence electrons. The molecule has 0 aliphatic rings. The van der Waals surface area contributed by atoms with E-state index in [4.69, 9.17) is 8.85 Å². The standard InChI is InChI=1S/C10H27O2Si3/c1-10(2,12-15(6,7)8)9(13)11-14(3,4)5/h1-8,13H3. The van der Waals surface area contributed by atoms with Crippen LogP contribution in [0.1, 0.15) is 13.8 Å². The molecule has 0 saturated heterocycles. The van der Waals surface area contributed by atoms with Crippen LogP contribution in [0.15, 0.2) is 0 Å². The highest BCUT2D eigenvalue weighted by Gasteiger charge is 2.35. The summed E-state index contributed by atoms with van der Waals surface area (Å²) >= 11 is 0. The van der Waals surface area contributed by atoms with Crippen LogP contribution in [0, 0.1) is 5.73 Å². The molecular formula is C10H27O2Si3. The highest BCUT2D eigenvalue weighted by atomic mass is 28.4. The molecule has 0 rings (SSSR count). The Labute approximate surface area is 100 Å². The summed E-state index contributed by atoms with van der Waals surface area (Å²) in [4.78, 5) is 0. The first kappa shape index (κ1) is 15.6. The molecule has 2 nitrogen and oxygen atoms in total. The van der Waals surface area contributed by atoms with Gasteiger partial charge >= 0.3 is 0 Å².